The van der Waals surface area contributed by atoms with Crippen LogP contribution in [0.25, 0.3) is 0 Å². The van der Waals surface area contributed by atoms with Gasteiger partial charge in [0.2, 0.25) is 5.88 Å². The van der Waals surface area contributed by atoms with Gasteiger partial charge in [-0.1, -0.05) is 11.6 Å². The van der Waals surface area contributed by atoms with Crippen LogP contribution in [0.5, 0.6) is 11.6 Å². The average molecular weight is 252 g/mol. The Hall–Kier alpha value is -2.21. The van der Waals surface area contributed by atoms with E-state index in [1.165, 1.54) is 18.6 Å². The maximum Gasteiger partial charge on any atom is 0.356 e. The third-order valence-electron chi connectivity index (χ3n) is 1.75. The highest BCUT2D eigenvalue weighted by atomic mass is 35.5. The molecule has 0 aliphatic carbocycles. The highest BCUT2D eigenvalue weighted by Gasteiger charge is 2.06. The number of carboxylic acids is 1. The second-order valence-corrected chi connectivity index (χ2v) is 3.42. The van der Waals surface area contributed by atoms with Crippen molar-refractivity contribution in [2.24, 2.45) is 0 Å². The smallest absolute Gasteiger partial charge is 0.356 e. The molecule has 0 saturated heterocycles. The van der Waals surface area contributed by atoms with Gasteiger partial charge in [0.15, 0.2) is 5.69 Å². The van der Waals surface area contributed by atoms with Crippen LogP contribution in [0.3, 0.4) is 0 Å². The van der Waals surface area contributed by atoms with Crippen LogP contribution in [-0.2, 0) is 0 Å². The van der Waals surface area contributed by atoms with Crippen LogP contribution in [0.15, 0.2) is 30.9 Å². The molecule has 1 N–H and O–H groups in total. The summed E-state index contributed by atoms with van der Waals surface area (Å²) in [5.41, 5.74) is -0.151. The number of pyridine rings is 1. The summed E-state index contributed by atoms with van der Waals surface area (Å²) in [7, 11) is 0. The van der Waals surface area contributed by atoms with Gasteiger partial charge in [-0.2, -0.15) is 0 Å². The molecule has 0 atom stereocenters. The molecule has 0 aliphatic heterocycles. The fraction of sp³-hybridized carbons (Fsp3) is 0. The van der Waals surface area contributed by atoms with Gasteiger partial charge in [-0.3, -0.25) is 4.98 Å². The van der Waals surface area contributed by atoms with E-state index >= 15 is 0 Å². The molecule has 2 aromatic rings. The number of carbonyl (C=O) groups is 1. The van der Waals surface area contributed by atoms with Crippen molar-refractivity contribution in [1.82, 2.24) is 15.0 Å². The van der Waals surface area contributed by atoms with E-state index in [1.54, 1.807) is 6.07 Å². The number of ether oxygens (including phenoxy) is 1. The van der Waals surface area contributed by atoms with E-state index in [2.05, 4.69) is 15.0 Å². The first kappa shape index (κ1) is 11.3. The molecule has 2 rings (SSSR count). The predicted octanol–water partition coefficient (Wildman–Crippen LogP) is 2.02. The number of aromatic carboxylic acids is 1. The van der Waals surface area contributed by atoms with Crippen molar-refractivity contribution < 1.29 is 14.6 Å². The Morgan fingerprint density at radius 1 is 1.24 bits per heavy atom. The zero-order valence-electron chi connectivity index (χ0n) is 8.37. The molecule has 0 aliphatic rings. The van der Waals surface area contributed by atoms with Crippen molar-refractivity contribution >= 4 is 17.6 Å². The largest absolute Gasteiger partial charge is 0.476 e. The summed E-state index contributed by atoms with van der Waals surface area (Å²) in [5.74, 6) is -0.581. The molecule has 0 bridgehead atoms. The molecule has 86 valence electrons. The minimum Gasteiger partial charge on any atom is -0.476 e. The highest BCUT2D eigenvalue weighted by Crippen LogP contribution is 2.20. The van der Waals surface area contributed by atoms with Gasteiger partial charge in [-0.05, 0) is 0 Å². The number of aromatic nitrogens is 3. The van der Waals surface area contributed by atoms with Crippen molar-refractivity contribution in [2.75, 3.05) is 0 Å². The fourth-order valence-electron chi connectivity index (χ4n) is 1.05. The maximum absolute atomic E-state index is 10.5. The second kappa shape index (κ2) is 4.75. The monoisotopic (exact) mass is 251 g/mol. The van der Waals surface area contributed by atoms with E-state index in [0.29, 0.717) is 10.8 Å². The van der Waals surface area contributed by atoms with E-state index in [0.717, 1.165) is 6.20 Å². The van der Waals surface area contributed by atoms with Crippen LogP contribution in [0, 0.1) is 0 Å². The molecule has 2 heterocycles. The summed E-state index contributed by atoms with van der Waals surface area (Å²) in [4.78, 5) is 21.8. The van der Waals surface area contributed by atoms with Crippen LogP contribution in [0.4, 0.5) is 0 Å². The molecule has 0 amide bonds. The van der Waals surface area contributed by atoms with E-state index in [4.69, 9.17) is 21.4 Å². The molecule has 17 heavy (non-hydrogen) atoms. The molecule has 0 unspecified atom stereocenters. The minimum atomic E-state index is -1.14. The molecular weight excluding hydrogens is 246 g/mol. The van der Waals surface area contributed by atoms with Crippen molar-refractivity contribution in [2.45, 2.75) is 0 Å². The lowest BCUT2D eigenvalue weighted by Gasteiger charge is -2.03. The number of halogens is 1. The van der Waals surface area contributed by atoms with Gasteiger partial charge in [0.05, 0.1) is 23.6 Å². The zero-order chi connectivity index (χ0) is 12.3. The predicted molar refractivity (Wildman–Crippen MR) is 58.3 cm³/mol. The summed E-state index contributed by atoms with van der Waals surface area (Å²) in [6.07, 6.45) is 5.24. The van der Waals surface area contributed by atoms with Crippen molar-refractivity contribution in [3.05, 3.63) is 41.6 Å². The average Bonchev–Trinajstić information content (AvgIpc) is 2.29. The van der Waals surface area contributed by atoms with E-state index < -0.39 is 5.97 Å². The molecule has 2 aromatic heterocycles. The third-order valence-corrected chi connectivity index (χ3v) is 1.96. The quantitative estimate of drug-likeness (QED) is 0.898. The van der Waals surface area contributed by atoms with Crippen LogP contribution in [0.1, 0.15) is 10.5 Å². The molecule has 0 aromatic carbocycles. The number of nitrogens with zero attached hydrogens (tertiary/aromatic N) is 3. The zero-order valence-corrected chi connectivity index (χ0v) is 9.13. The summed E-state index contributed by atoms with van der Waals surface area (Å²) in [6.45, 7) is 0. The summed E-state index contributed by atoms with van der Waals surface area (Å²) in [5, 5.41) is 9.06. The molecule has 6 nitrogen and oxygen atoms in total. The second-order valence-electron chi connectivity index (χ2n) is 2.99. The van der Waals surface area contributed by atoms with Crippen LogP contribution < -0.4 is 4.74 Å². The lowest BCUT2D eigenvalue weighted by molar-refractivity contribution is 0.0690. The molecule has 0 saturated carbocycles. The normalized spacial score (nSPS) is 9.94. The highest BCUT2D eigenvalue weighted by molar-refractivity contribution is 6.30. The van der Waals surface area contributed by atoms with Crippen molar-refractivity contribution in [3.8, 4) is 11.6 Å². The molecule has 0 spiro atoms. The van der Waals surface area contributed by atoms with Crippen LogP contribution >= 0.6 is 11.6 Å². The molecule has 0 fully saturated rings. The SMILES string of the molecule is O=C(O)c1cnc(Oc2cncc(Cl)c2)cn1. The molecule has 0 radical (unpaired) electrons. The van der Waals surface area contributed by atoms with E-state index in [9.17, 15) is 4.79 Å². The Bertz CT molecular complexity index is 545. The number of hydrogen-bond donors (Lipinski definition) is 1. The summed E-state index contributed by atoms with van der Waals surface area (Å²) >= 11 is 5.72. The number of rotatable bonds is 3. The van der Waals surface area contributed by atoms with Crippen LogP contribution in [0.2, 0.25) is 5.02 Å². The maximum atomic E-state index is 10.5. The standard InChI is InChI=1S/C10H6ClN3O3/c11-6-1-7(3-12-2-6)17-9-5-13-8(4-14-9)10(15)16/h1-5H,(H,15,16). The Kier molecular flexibility index (Phi) is 3.15. The van der Waals surface area contributed by atoms with Gasteiger partial charge in [-0.25, -0.2) is 14.8 Å². The van der Waals surface area contributed by atoms with Gasteiger partial charge >= 0.3 is 5.97 Å². The van der Waals surface area contributed by atoms with E-state index in [1.807, 2.05) is 0 Å². The molecular formula is C10H6ClN3O3. The third kappa shape index (κ3) is 2.88. The molecule has 7 heteroatoms. The lowest BCUT2D eigenvalue weighted by atomic mass is 10.4. The van der Waals surface area contributed by atoms with Gasteiger partial charge in [-0.15, -0.1) is 0 Å². The van der Waals surface area contributed by atoms with Crippen molar-refractivity contribution in [1.29, 1.82) is 0 Å². The van der Waals surface area contributed by atoms with Gasteiger partial charge in [0.1, 0.15) is 5.75 Å². The topological polar surface area (TPSA) is 85.2 Å². The Balaban J connectivity index is 2.16. The first-order valence-corrected chi connectivity index (χ1v) is 4.86. The number of carboxylic acid groups (broad SMARTS) is 1. The summed E-state index contributed by atoms with van der Waals surface area (Å²) in [6, 6.07) is 1.56. The Morgan fingerprint density at radius 3 is 2.65 bits per heavy atom. The van der Waals surface area contributed by atoms with E-state index in [-0.39, 0.29) is 11.6 Å². The Morgan fingerprint density at radius 2 is 2.06 bits per heavy atom. The summed E-state index contributed by atoms with van der Waals surface area (Å²) < 4.78 is 5.28. The number of hydrogen-bond acceptors (Lipinski definition) is 5. The van der Waals surface area contributed by atoms with Gasteiger partial charge in [0.25, 0.3) is 0 Å². The first-order chi connectivity index (χ1) is 8.15. The minimum absolute atomic E-state index is 0.151. The van der Waals surface area contributed by atoms with Gasteiger partial charge in [0, 0.05) is 12.3 Å². The fourth-order valence-corrected chi connectivity index (χ4v) is 1.21. The van der Waals surface area contributed by atoms with Crippen LogP contribution in [-0.4, -0.2) is 26.0 Å². The van der Waals surface area contributed by atoms with Crippen molar-refractivity contribution in [3.63, 3.8) is 0 Å². The first-order valence-electron chi connectivity index (χ1n) is 4.49. The van der Waals surface area contributed by atoms with Gasteiger partial charge < -0.3 is 9.84 Å². The Labute approximate surface area is 101 Å². The lowest BCUT2D eigenvalue weighted by Crippen LogP contribution is -2.01.